The van der Waals surface area contributed by atoms with Gasteiger partial charge < -0.3 is 0 Å². The molecule has 112 valence electrons. The zero-order valence-corrected chi connectivity index (χ0v) is 12.5. The smallest absolute Gasteiger partial charge is 0.267 e. The number of non-ortho nitro benzene ring substituents is 1. The van der Waals surface area contributed by atoms with Gasteiger partial charge in [-0.3, -0.25) is 14.9 Å². The Kier molecular flexibility index (Phi) is 2.95. The summed E-state index contributed by atoms with van der Waals surface area (Å²) in [5.41, 5.74) is 1.69. The summed E-state index contributed by atoms with van der Waals surface area (Å²) in [6.45, 7) is 0. The van der Waals surface area contributed by atoms with E-state index in [2.05, 4.69) is 4.98 Å². The standard InChI is InChI=1S/C16H9N3O3S/c20-15-14(8-10-4-2-1-3-5-10)23-16-17-12-7-6-11(19(21)22)9-13(12)18(15)16/h1-9H/b14-8+. The molecule has 0 aliphatic rings. The Balaban J connectivity index is 2.02. The van der Waals surface area contributed by atoms with Crippen molar-refractivity contribution in [3.8, 4) is 0 Å². The first kappa shape index (κ1) is 13.6. The van der Waals surface area contributed by atoms with Gasteiger partial charge in [-0.1, -0.05) is 41.7 Å². The highest BCUT2D eigenvalue weighted by molar-refractivity contribution is 7.15. The molecule has 0 saturated heterocycles. The number of hydrogen-bond donors (Lipinski definition) is 0. The highest BCUT2D eigenvalue weighted by Crippen LogP contribution is 2.21. The second kappa shape index (κ2) is 4.99. The lowest BCUT2D eigenvalue weighted by Gasteiger charge is -1.91. The Morgan fingerprint density at radius 2 is 1.96 bits per heavy atom. The third kappa shape index (κ3) is 2.18. The van der Waals surface area contributed by atoms with E-state index in [1.54, 1.807) is 12.1 Å². The van der Waals surface area contributed by atoms with Crippen LogP contribution >= 0.6 is 11.3 Å². The molecule has 2 aromatic carbocycles. The average molecular weight is 323 g/mol. The minimum absolute atomic E-state index is 0.0570. The van der Waals surface area contributed by atoms with Crippen LogP contribution in [-0.4, -0.2) is 14.3 Å². The van der Waals surface area contributed by atoms with Crippen LogP contribution in [0.5, 0.6) is 0 Å². The number of thiazole rings is 1. The van der Waals surface area contributed by atoms with Crippen molar-refractivity contribution < 1.29 is 4.92 Å². The Bertz CT molecular complexity index is 1160. The Labute approximate surface area is 133 Å². The molecule has 0 amide bonds. The molecule has 0 radical (unpaired) electrons. The fraction of sp³-hybridized carbons (Fsp3) is 0. The molecule has 6 nitrogen and oxygen atoms in total. The molecule has 0 atom stereocenters. The molecule has 4 rings (SSSR count). The first-order valence-electron chi connectivity index (χ1n) is 6.80. The summed E-state index contributed by atoms with van der Waals surface area (Å²) < 4.78 is 1.98. The summed E-state index contributed by atoms with van der Waals surface area (Å²) >= 11 is 1.27. The third-order valence-corrected chi connectivity index (χ3v) is 4.50. The zero-order valence-electron chi connectivity index (χ0n) is 11.7. The van der Waals surface area contributed by atoms with Crippen LogP contribution in [0.25, 0.3) is 22.1 Å². The first-order chi connectivity index (χ1) is 11.1. The van der Waals surface area contributed by atoms with Crippen molar-refractivity contribution >= 4 is 39.1 Å². The Hall–Kier alpha value is -3.06. The number of nitro benzene ring substituents is 1. The van der Waals surface area contributed by atoms with Crippen molar-refractivity contribution in [3.05, 3.63) is 79.1 Å². The van der Waals surface area contributed by atoms with E-state index in [1.165, 1.54) is 27.9 Å². The summed E-state index contributed by atoms with van der Waals surface area (Å²) in [4.78, 5) is 28.0. The summed E-state index contributed by atoms with van der Waals surface area (Å²) in [5, 5.41) is 10.9. The number of rotatable bonds is 2. The summed E-state index contributed by atoms with van der Waals surface area (Å²) in [5.74, 6) is 0. The average Bonchev–Trinajstić information content (AvgIpc) is 3.05. The van der Waals surface area contributed by atoms with Crippen LogP contribution in [0.2, 0.25) is 0 Å². The number of imidazole rings is 1. The van der Waals surface area contributed by atoms with Gasteiger partial charge in [0.05, 0.1) is 20.5 Å². The maximum absolute atomic E-state index is 12.6. The lowest BCUT2D eigenvalue weighted by molar-refractivity contribution is -0.384. The summed E-state index contributed by atoms with van der Waals surface area (Å²) in [7, 11) is 0. The van der Waals surface area contributed by atoms with E-state index < -0.39 is 4.92 Å². The lowest BCUT2D eigenvalue weighted by Crippen LogP contribution is -2.22. The molecule has 0 aliphatic heterocycles. The van der Waals surface area contributed by atoms with Crippen LogP contribution in [0.4, 0.5) is 5.69 Å². The molecule has 0 bridgehead atoms. The summed E-state index contributed by atoms with van der Waals surface area (Å²) in [6, 6.07) is 13.9. The number of nitro groups is 1. The predicted molar refractivity (Wildman–Crippen MR) is 88.7 cm³/mol. The molecule has 7 heteroatoms. The predicted octanol–water partition coefficient (Wildman–Crippen LogP) is 2.37. The largest absolute Gasteiger partial charge is 0.274 e. The molecule has 4 aromatic rings. The van der Waals surface area contributed by atoms with Crippen LogP contribution in [0.3, 0.4) is 0 Å². The maximum atomic E-state index is 12.6. The van der Waals surface area contributed by atoms with E-state index in [0.29, 0.717) is 20.5 Å². The van der Waals surface area contributed by atoms with Crippen molar-refractivity contribution in [3.63, 3.8) is 0 Å². The normalized spacial score (nSPS) is 12.3. The van der Waals surface area contributed by atoms with Crippen LogP contribution < -0.4 is 10.1 Å². The first-order valence-corrected chi connectivity index (χ1v) is 7.61. The molecule has 0 unspecified atom stereocenters. The van der Waals surface area contributed by atoms with Gasteiger partial charge in [0.25, 0.3) is 11.2 Å². The van der Waals surface area contributed by atoms with E-state index in [1.807, 2.05) is 30.3 Å². The van der Waals surface area contributed by atoms with Crippen molar-refractivity contribution in [2.75, 3.05) is 0 Å². The van der Waals surface area contributed by atoms with E-state index >= 15 is 0 Å². The minimum Gasteiger partial charge on any atom is -0.267 e. The fourth-order valence-electron chi connectivity index (χ4n) is 2.46. The third-order valence-electron chi connectivity index (χ3n) is 3.53. The van der Waals surface area contributed by atoms with Gasteiger partial charge in [0.2, 0.25) is 0 Å². The Morgan fingerprint density at radius 3 is 2.70 bits per heavy atom. The molecule has 0 spiro atoms. The second-order valence-electron chi connectivity index (χ2n) is 4.99. The monoisotopic (exact) mass is 323 g/mol. The van der Waals surface area contributed by atoms with Gasteiger partial charge in [0.15, 0.2) is 4.96 Å². The number of fused-ring (bicyclic) bond motifs is 3. The number of benzene rings is 2. The number of hydrogen-bond acceptors (Lipinski definition) is 5. The zero-order chi connectivity index (χ0) is 16.0. The van der Waals surface area contributed by atoms with E-state index in [0.717, 1.165) is 5.56 Å². The van der Waals surface area contributed by atoms with Crippen LogP contribution in [0.1, 0.15) is 5.56 Å². The minimum atomic E-state index is -0.479. The van der Waals surface area contributed by atoms with Crippen molar-refractivity contribution in [2.45, 2.75) is 0 Å². The molecule has 2 heterocycles. The SMILES string of the molecule is O=c1/c(=C\c2ccccc2)sc2nc3ccc([N+](=O)[O-])cc3n12. The van der Waals surface area contributed by atoms with Gasteiger partial charge in [-0.25, -0.2) is 9.38 Å². The van der Waals surface area contributed by atoms with Crippen LogP contribution in [0, 0.1) is 10.1 Å². The molecule has 0 saturated carbocycles. The molecular formula is C16H9N3O3S. The molecular weight excluding hydrogens is 314 g/mol. The van der Waals surface area contributed by atoms with Crippen molar-refractivity contribution in [2.24, 2.45) is 0 Å². The molecule has 0 fully saturated rings. The highest BCUT2D eigenvalue weighted by Gasteiger charge is 2.14. The lowest BCUT2D eigenvalue weighted by atomic mass is 10.2. The topological polar surface area (TPSA) is 77.5 Å². The van der Waals surface area contributed by atoms with E-state index in [-0.39, 0.29) is 11.2 Å². The van der Waals surface area contributed by atoms with Gasteiger partial charge >= 0.3 is 0 Å². The van der Waals surface area contributed by atoms with Gasteiger partial charge in [0.1, 0.15) is 0 Å². The van der Waals surface area contributed by atoms with Gasteiger partial charge in [0, 0.05) is 12.1 Å². The van der Waals surface area contributed by atoms with Gasteiger partial charge in [-0.15, -0.1) is 0 Å². The Morgan fingerprint density at radius 1 is 1.17 bits per heavy atom. The molecule has 0 aliphatic carbocycles. The summed E-state index contributed by atoms with van der Waals surface area (Å²) in [6.07, 6.45) is 1.80. The van der Waals surface area contributed by atoms with Gasteiger partial charge in [-0.2, -0.15) is 0 Å². The van der Waals surface area contributed by atoms with Gasteiger partial charge in [-0.05, 0) is 17.7 Å². The molecule has 2 aromatic heterocycles. The van der Waals surface area contributed by atoms with Crippen LogP contribution in [-0.2, 0) is 0 Å². The molecule has 23 heavy (non-hydrogen) atoms. The maximum Gasteiger partial charge on any atom is 0.274 e. The van der Waals surface area contributed by atoms with Crippen LogP contribution in [0.15, 0.2) is 53.3 Å². The fourth-order valence-corrected chi connectivity index (χ4v) is 3.45. The number of aromatic nitrogens is 2. The van der Waals surface area contributed by atoms with E-state index in [4.69, 9.17) is 0 Å². The van der Waals surface area contributed by atoms with Crippen molar-refractivity contribution in [1.82, 2.24) is 9.38 Å². The van der Waals surface area contributed by atoms with Crippen molar-refractivity contribution in [1.29, 1.82) is 0 Å². The highest BCUT2D eigenvalue weighted by atomic mass is 32.1. The number of nitrogens with zero attached hydrogens (tertiary/aromatic N) is 3. The van der Waals surface area contributed by atoms with E-state index in [9.17, 15) is 14.9 Å². The molecule has 0 N–H and O–H groups in total. The second-order valence-corrected chi connectivity index (χ2v) is 6.00. The quantitative estimate of drug-likeness (QED) is 0.419.